The minimum Gasteiger partial charge on any atom is -0.213 e. The van der Waals surface area contributed by atoms with Crippen molar-refractivity contribution in [3.05, 3.63) is 35.9 Å². The van der Waals surface area contributed by atoms with Gasteiger partial charge in [0, 0.05) is 6.54 Å². The van der Waals surface area contributed by atoms with Crippen LogP contribution in [0.25, 0.3) is 0 Å². The van der Waals surface area contributed by atoms with Crippen molar-refractivity contribution in [2.24, 2.45) is 5.41 Å². The van der Waals surface area contributed by atoms with Gasteiger partial charge in [0.05, 0.1) is 11.1 Å². The highest BCUT2D eigenvalue weighted by Gasteiger charge is 2.18. The molecule has 19 heavy (non-hydrogen) atoms. The van der Waals surface area contributed by atoms with Crippen LogP contribution < -0.4 is 4.72 Å². The van der Waals surface area contributed by atoms with Gasteiger partial charge in [-0.2, -0.15) is 0 Å². The molecule has 5 heteroatoms. The Morgan fingerprint density at radius 1 is 1.21 bits per heavy atom. The fourth-order valence-corrected chi connectivity index (χ4v) is 3.25. The second kappa shape index (κ2) is 6.73. The molecule has 0 aliphatic rings. The summed E-state index contributed by atoms with van der Waals surface area (Å²) in [6.07, 6.45) is 0.626. The predicted octanol–water partition coefficient (Wildman–Crippen LogP) is 3.32. The molecule has 0 fully saturated rings. The molecule has 0 heterocycles. The summed E-state index contributed by atoms with van der Waals surface area (Å²) < 4.78 is 26.3. The van der Waals surface area contributed by atoms with Crippen molar-refractivity contribution in [2.45, 2.75) is 32.6 Å². The zero-order valence-corrected chi connectivity index (χ0v) is 13.3. The average Bonchev–Trinajstić information content (AvgIpc) is 2.34. The molecule has 1 unspecified atom stereocenters. The molecule has 0 aromatic heterocycles. The van der Waals surface area contributed by atoms with Gasteiger partial charge in [-0.15, -0.1) is 11.6 Å². The predicted molar refractivity (Wildman–Crippen MR) is 80.9 cm³/mol. The van der Waals surface area contributed by atoms with Crippen molar-refractivity contribution >= 4 is 21.6 Å². The van der Waals surface area contributed by atoms with E-state index >= 15 is 0 Å². The summed E-state index contributed by atoms with van der Waals surface area (Å²) >= 11 is 6.18. The highest BCUT2D eigenvalue weighted by molar-refractivity contribution is 7.89. The van der Waals surface area contributed by atoms with Gasteiger partial charge < -0.3 is 0 Å². The Kier molecular flexibility index (Phi) is 5.83. The van der Waals surface area contributed by atoms with E-state index in [9.17, 15) is 8.42 Å². The number of sulfonamides is 1. The summed E-state index contributed by atoms with van der Waals surface area (Å²) in [5.41, 5.74) is 0.928. The third-order valence-corrected chi connectivity index (χ3v) is 4.52. The Morgan fingerprint density at radius 2 is 1.79 bits per heavy atom. The van der Waals surface area contributed by atoms with Gasteiger partial charge in [0.1, 0.15) is 0 Å². The number of alkyl halides is 1. The van der Waals surface area contributed by atoms with Crippen LogP contribution in [-0.4, -0.2) is 20.7 Å². The van der Waals surface area contributed by atoms with Crippen LogP contribution in [0.15, 0.2) is 30.3 Å². The van der Waals surface area contributed by atoms with E-state index in [1.54, 1.807) is 0 Å². The molecule has 1 N–H and O–H groups in total. The lowest BCUT2D eigenvalue weighted by atomic mass is 9.94. The SMILES string of the molecule is CC(C)(C)CCS(=O)(=O)NCC(Cl)c1ccccc1. The van der Waals surface area contributed by atoms with Crippen LogP contribution in [0.3, 0.4) is 0 Å². The van der Waals surface area contributed by atoms with Crippen LogP contribution in [0.1, 0.15) is 38.1 Å². The first-order valence-electron chi connectivity index (χ1n) is 6.36. The van der Waals surface area contributed by atoms with E-state index in [4.69, 9.17) is 11.6 Å². The molecule has 0 aliphatic heterocycles. The van der Waals surface area contributed by atoms with E-state index in [1.165, 1.54) is 0 Å². The largest absolute Gasteiger partial charge is 0.213 e. The third-order valence-electron chi connectivity index (χ3n) is 2.76. The highest BCUT2D eigenvalue weighted by Crippen LogP contribution is 2.21. The quantitative estimate of drug-likeness (QED) is 0.819. The molecular formula is C14H22ClNO2S. The van der Waals surface area contributed by atoms with Crippen LogP contribution >= 0.6 is 11.6 Å². The topological polar surface area (TPSA) is 46.2 Å². The van der Waals surface area contributed by atoms with Crippen LogP contribution in [0, 0.1) is 5.41 Å². The Balaban J connectivity index is 2.47. The average molecular weight is 304 g/mol. The zero-order chi connectivity index (χ0) is 14.5. The summed E-state index contributed by atoms with van der Waals surface area (Å²) in [6, 6.07) is 9.46. The van der Waals surface area contributed by atoms with Gasteiger partial charge in [-0.25, -0.2) is 13.1 Å². The molecule has 0 amide bonds. The molecule has 0 saturated heterocycles. The Labute approximate surface area is 121 Å². The van der Waals surface area contributed by atoms with E-state index in [0.29, 0.717) is 6.42 Å². The fraction of sp³-hybridized carbons (Fsp3) is 0.571. The Morgan fingerprint density at radius 3 is 2.32 bits per heavy atom. The molecular weight excluding hydrogens is 282 g/mol. The second-order valence-electron chi connectivity index (χ2n) is 5.86. The van der Waals surface area contributed by atoms with E-state index in [2.05, 4.69) is 4.72 Å². The van der Waals surface area contributed by atoms with Gasteiger partial charge >= 0.3 is 0 Å². The number of hydrogen-bond acceptors (Lipinski definition) is 2. The normalized spacial score (nSPS) is 14.3. The lowest BCUT2D eigenvalue weighted by Crippen LogP contribution is -2.30. The number of halogens is 1. The van der Waals surface area contributed by atoms with Gasteiger partial charge in [-0.05, 0) is 17.4 Å². The molecule has 0 saturated carbocycles. The van der Waals surface area contributed by atoms with E-state index in [-0.39, 0.29) is 23.1 Å². The maximum Gasteiger partial charge on any atom is 0.211 e. The molecule has 1 aromatic carbocycles. The van der Waals surface area contributed by atoms with Gasteiger partial charge in [-0.3, -0.25) is 0 Å². The van der Waals surface area contributed by atoms with Crippen molar-refractivity contribution in [2.75, 3.05) is 12.3 Å². The lowest BCUT2D eigenvalue weighted by molar-refractivity contribution is 0.396. The van der Waals surface area contributed by atoms with Crippen molar-refractivity contribution < 1.29 is 8.42 Å². The van der Waals surface area contributed by atoms with Crippen LogP contribution in [0.4, 0.5) is 0 Å². The maximum atomic E-state index is 11.8. The van der Waals surface area contributed by atoms with Crippen LogP contribution in [0.5, 0.6) is 0 Å². The van der Waals surface area contributed by atoms with Crippen molar-refractivity contribution in [3.63, 3.8) is 0 Å². The Bertz CT molecular complexity index is 480. The summed E-state index contributed by atoms with van der Waals surface area (Å²) in [4.78, 5) is 0. The summed E-state index contributed by atoms with van der Waals surface area (Å²) in [5, 5.41) is -0.342. The molecule has 0 bridgehead atoms. The zero-order valence-electron chi connectivity index (χ0n) is 11.7. The number of rotatable bonds is 6. The molecule has 3 nitrogen and oxygen atoms in total. The number of benzene rings is 1. The standard InChI is InChI=1S/C14H22ClNO2S/c1-14(2,3)9-10-19(17,18)16-11-13(15)12-7-5-4-6-8-12/h4-8,13,16H,9-11H2,1-3H3. The molecule has 0 aliphatic carbocycles. The lowest BCUT2D eigenvalue weighted by Gasteiger charge is -2.18. The third kappa shape index (κ3) is 6.95. The van der Waals surface area contributed by atoms with Crippen LogP contribution in [0.2, 0.25) is 0 Å². The van der Waals surface area contributed by atoms with E-state index in [0.717, 1.165) is 5.56 Å². The molecule has 1 atom stereocenters. The number of hydrogen-bond donors (Lipinski definition) is 1. The minimum absolute atomic E-state index is 0.00848. The van der Waals surface area contributed by atoms with Crippen molar-refractivity contribution in [1.82, 2.24) is 4.72 Å². The first kappa shape index (κ1) is 16.5. The van der Waals surface area contributed by atoms with Crippen LogP contribution in [-0.2, 0) is 10.0 Å². The summed E-state index contributed by atoms with van der Waals surface area (Å²) in [6.45, 7) is 6.29. The van der Waals surface area contributed by atoms with Gasteiger partial charge in [0.15, 0.2) is 0 Å². The molecule has 1 aromatic rings. The van der Waals surface area contributed by atoms with E-state index < -0.39 is 10.0 Å². The fourth-order valence-electron chi connectivity index (χ4n) is 1.49. The van der Waals surface area contributed by atoms with E-state index in [1.807, 2.05) is 51.1 Å². The summed E-state index contributed by atoms with van der Waals surface area (Å²) in [7, 11) is -3.25. The van der Waals surface area contributed by atoms with Gasteiger partial charge in [0.25, 0.3) is 0 Å². The minimum atomic E-state index is -3.25. The first-order valence-corrected chi connectivity index (χ1v) is 8.45. The smallest absolute Gasteiger partial charge is 0.211 e. The molecule has 108 valence electrons. The molecule has 0 radical (unpaired) electrons. The van der Waals surface area contributed by atoms with Gasteiger partial charge in [-0.1, -0.05) is 51.1 Å². The number of nitrogens with one attached hydrogen (secondary N) is 1. The highest BCUT2D eigenvalue weighted by atomic mass is 35.5. The van der Waals surface area contributed by atoms with Crippen molar-refractivity contribution in [1.29, 1.82) is 0 Å². The second-order valence-corrected chi connectivity index (χ2v) is 8.31. The first-order chi connectivity index (χ1) is 8.70. The van der Waals surface area contributed by atoms with Crippen molar-refractivity contribution in [3.8, 4) is 0 Å². The summed E-state index contributed by atoms with van der Waals surface area (Å²) in [5.74, 6) is 0.134. The molecule has 0 spiro atoms. The van der Waals surface area contributed by atoms with Gasteiger partial charge in [0.2, 0.25) is 10.0 Å². The maximum absolute atomic E-state index is 11.8. The Hall–Kier alpha value is -0.580. The monoisotopic (exact) mass is 303 g/mol. The molecule has 1 rings (SSSR count).